The van der Waals surface area contributed by atoms with E-state index in [1.165, 1.54) is 6.33 Å². The van der Waals surface area contributed by atoms with Crippen molar-refractivity contribution in [2.75, 3.05) is 7.05 Å². The molecule has 1 aromatic heterocycles. The quantitative estimate of drug-likeness (QED) is 0.708. The predicted molar refractivity (Wildman–Crippen MR) is 53.8 cm³/mol. The normalized spacial score (nSPS) is 11.5. The van der Waals surface area contributed by atoms with E-state index >= 15 is 0 Å². The van der Waals surface area contributed by atoms with E-state index in [2.05, 4.69) is 15.5 Å². The standard InChI is InChI=1S/C9H16N4O2/c1-9(2,8(15)10-3)5-13-6-11-12-7(13)4-14/h6,14H,4-5H2,1-3H3,(H,10,15). The number of amides is 1. The van der Waals surface area contributed by atoms with Gasteiger partial charge in [-0.25, -0.2) is 0 Å². The van der Waals surface area contributed by atoms with Crippen molar-refractivity contribution in [1.29, 1.82) is 0 Å². The number of carbonyl (C=O) groups is 1. The van der Waals surface area contributed by atoms with Crippen LogP contribution in [0.3, 0.4) is 0 Å². The summed E-state index contributed by atoms with van der Waals surface area (Å²) in [6.07, 6.45) is 1.51. The molecule has 1 heterocycles. The molecule has 0 aliphatic carbocycles. The highest BCUT2D eigenvalue weighted by Crippen LogP contribution is 2.18. The maximum atomic E-state index is 11.5. The average molecular weight is 212 g/mol. The molecule has 84 valence electrons. The van der Waals surface area contributed by atoms with Crippen molar-refractivity contribution in [1.82, 2.24) is 20.1 Å². The molecule has 0 saturated heterocycles. The van der Waals surface area contributed by atoms with Gasteiger partial charge in [0.25, 0.3) is 0 Å². The Bertz CT molecular complexity index is 346. The van der Waals surface area contributed by atoms with Gasteiger partial charge in [-0.15, -0.1) is 10.2 Å². The number of carbonyl (C=O) groups excluding carboxylic acids is 1. The first kappa shape index (κ1) is 11.6. The number of nitrogens with zero attached hydrogens (tertiary/aromatic N) is 3. The Morgan fingerprint density at radius 2 is 2.33 bits per heavy atom. The summed E-state index contributed by atoms with van der Waals surface area (Å²) in [7, 11) is 1.60. The van der Waals surface area contributed by atoms with Gasteiger partial charge in [0.2, 0.25) is 5.91 Å². The van der Waals surface area contributed by atoms with Gasteiger partial charge in [0, 0.05) is 13.6 Å². The second kappa shape index (κ2) is 4.39. The molecule has 0 atom stereocenters. The van der Waals surface area contributed by atoms with Crippen LogP contribution in [0.4, 0.5) is 0 Å². The zero-order valence-electron chi connectivity index (χ0n) is 9.19. The smallest absolute Gasteiger partial charge is 0.227 e. The predicted octanol–water partition coefficient (Wildman–Crippen LogP) is -0.457. The van der Waals surface area contributed by atoms with Gasteiger partial charge < -0.3 is 15.0 Å². The highest BCUT2D eigenvalue weighted by Gasteiger charge is 2.27. The molecule has 1 amide bonds. The third-order valence-electron chi connectivity index (χ3n) is 2.24. The zero-order chi connectivity index (χ0) is 11.5. The minimum atomic E-state index is -0.555. The Kier molecular flexibility index (Phi) is 3.41. The molecule has 0 radical (unpaired) electrons. The highest BCUT2D eigenvalue weighted by molar-refractivity contribution is 5.81. The van der Waals surface area contributed by atoms with Crippen LogP contribution in [0.1, 0.15) is 19.7 Å². The number of hydrogen-bond acceptors (Lipinski definition) is 4. The van der Waals surface area contributed by atoms with E-state index in [-0.39, 0.29) is 12.5 Å². The summed E-state index contributed by atoms with van der Waals surface area (Å²) in [5, 5.41) is 19.0. The van der Waals surface area contributed by atoms with Gasteiger partial charge >= 0.3 is 0 Å². The number of aromatic nitrogens is 3. The van der Waals surface area contributed by atoms with Crippen molar-refractivity contribution in [3.63, 3.8) is 0 Å². The summed E-state index contributed by atoms with van der Waals surface area (Å²) in [6, 6.07) is 0. The molecule has 15 heavy (non-hydrogen) atoms. The van der Waals surface area contributed by atoms with Crippen molar-refractivity contribution in [2.45, 2.75) is 27.0 Å². The Balaban J connectivity index is 2.81. The summed E-state index contributed by atoms with van der Waals surface area (Å²) in [6.45, 7) is 3.92. The molecule has 0 bridgehead atoms. The maximum Gasteiger partial charge on any atom is 0.227 e. The fraction of sp³-hybridized carbons (Fsp3) is 0.667. The molecular weight excluding hydrogens is 196 g/mol. The number of rotatable bonds is 4. The molecule has 6 heteroatoms. The first-order chi connectivity index (χ1) is 7.01. The first-order valence-corrected chi connectivity index (χ1v) is 4.71. The van der Waals surface area contributed by atoms with E-state index in [1.54, 1.807) is 11.6 Å². The molecule has 1 rings (SSSR count). The first-order valence-electron chi connectivity index (χ1n) is 4.71. The van der Waals surface area contributed by atoms with Crippen LogP contribution in [0.15, 0.2) is 6.33 Å². The van der Waals surface area contributed by atoms with E-state index < -0.39 is 5.41 Å². The SMILES string of the molecule is CNC(=O)C(C)(C)Cn1cnnc1CO. The van der Waals surface area contributed by atoms with E-state index in [0.717, 1.165) is 0 Å². The molecule has 0 saturated carbocycles. The monoisotopic (exact) mass is 212 g/mol. The fourth-order valence-electron chi connectivity index (χ4n) is 1.37. The molecule has 0 unspecified atom stereocenters. The van der Waals surface area contributed by atoms with Gasteiger partial charge in [0.05, 0.1) is 5.41 Å². The second-order valence-electron chi connectivity index (χ2n) is 4.00. The summed E-state index contributed by atoms with van der Waals surface area (Å²) in [4.78, 5) is 11.5. The molecule has 6 nitrogen and oxygen atoms in total. The highest BCUT2D eigenvalue weighted by atomic mass is 16.3. The molecule has 2 N–H and O–H groups in total. The summed E-state index contributed by atoms with van der Waals surface area (Å²) in [5.74, 6) is 0.409. The second-order valence-corrected chi connectivity index (χ2v) is 4.00. The molecule has 0 spiro atoms. The molecule has 1 aromatic rings. The third-order valence-corrected chi connectivity index (χ3v) is 2.24. The van der Waals surface area contributed by atoms with Gasteiger partial charge in [0.15, 0.2) is 5.82 Å². The van der Waals surface area contributed by atoms with Crippen LogP contribution >= 0.6 is 0 Å². The van der Waals surface area contributed by atoms with Gasteiger partial charge in [-0.1, -0.05) is 0 Å². The zero-order valence-corrected chi connectivity index (χ0v) is 9.19. The lowest BCUT2D eigenvalue weighted by Gasteiger charge is -2.23. The Labute approximate surface area is 88.3 Å². The van der Waals surface area contributed by atoms with Gasteiger partial charge in [-0.2, -0.15) is 0 Å². The lowest BCUT2D eigenvalue weighted by Crippen LogP contribution is -2.38. The average Bonchev–Trinajstić information content (AvgIpc) is 2.63. The van der Waals surface area contributed by atoms with Crippen LogP contribution in [0.25, 0.3) is 0 Å². The van der Waals surface area contributed by atoms with Gasteiger partial charge in [0.1, 0.15) is 12.9 Å². The number of aliphatic hydroxyl groups is 1. The van der Waals surface area contributed by atoms with Crippen molar-refractivity contribution in [2.24, 2.45) is 5.41 Å². The van der Waals surface area contributed by atoms with E-state index in [9.17, 15) is 4.79 Å². The van der Waals surface area contributed by atoms with Gasteiger partial charge in [-0.05, 0) is 13.8 Å². The lowest BCUT2D eigenvalue weighted by molar-refractivity contribution is -0.129. The number of aliphatic hydroxyl groups excluding tert-OH is 1. The Hall–Kier alpha value is -1.43. The largest absolute Gasteiger partial charge is 0.388 e. The lowest BCUT2D eigenvalue weighted by atomic mass is 9.92. The van der Waals surface area contributed by atoms with E-state index in [4.69, 9.17) is 5.11 Å². The van der Waals surface area contributed by atoms with E-state index in [1.807, 2.05) is 13.8 Å². The van der Waals surface area contributed by atoms with Crippen molar-refractivity contribution >= 4 is 5.91 Å². The fourth-order valence-corrected chi connectivity index (χ4v) is 1.37. The maximum absolute atomic E-state index is 11.5. The van der Waals surface area contributed by atoms with Crippen LogP contribution in [-0.4, -0.2) is 32.8 Å². The number of nitrogens with one attached hydrogen (secondary N) is 1. The third kappa shape index (κ3) is 2.53. The van der Waals surface area contributed by atoms with Crippen LogP contribution in [0, 0.1) is 5.41 Å². The van der Waals surface area contributed by atoms with Crippen molar-refractivity contribution < 1.29 is 9.90 Å². The molecular formula is C9H16N4O2. The van der Waals surface area contributed by atoms with Gasteiger partial charge in [-0.3, -0.25) is 4.79 Å². The molecule has 0 aliphatic heterocycles. The Morgan fingerprint density at radius 1 is 1.67 bits per heavy atom. The van der Waals surface area contributed by atoms with Crippen LogP contribution in [-0.2, 0) is 17.9 Å². The van der Waals surface area contributed by atoms with Crippen molar-refractivity contribution in [3.05, 3.63) is 12.2 Å². The van der Waals surface area contributed by atoms with E-state index in [0.29, 0.717) is 12.4 Å². The Morgan fingerprint density at radius 3 is 2.87 bits per heavy atom. The summed E-state index contributed by atoms with van der Waals surface area (Å²) < 4.78 is 1.68. The summed E-state index contributed by atoms with van der Waals surface area (Å²) in [5.41, 5.74) is -0.555. The van der Waals surface area contributed by atoms with Crippen LogP contribution in [0.2, 0.25) is 0 Å². The summed E-state index contributed by atoms with van der Waals surface area (Å²) >= 11 is 0. The molecule has 0 aliphatic rings. The molecule has 0 aromatic carbocycles. The molecule has 0 fully saturated rings. The van der Waals surface area contributed by atoms with Crippen LogP contribution in [0.5, 0.6) is 0 Å². The van der Waals surface area contributed by atoms with Crippen molar-refractivity contribution in [3.8, 4) is 0 Å². The van der Waals surface area contributed by atoms with Crippen LogP contribution < -0.4 is 5.32 Å². The minimum absolute atomic E-state index is 0.0555. The number of hydrogen-bond donors (Lipinski definition) is 2. The minimum Gasteiger partial charge on any atom is -0.388 e. The topological polar surface area (TPSA) is 80.0 Å².